The molecule has 0 aliphatic rings. The Morgan fingerprint density at radius 2 is 2.11 bits per heavy atom. The Hall–Kier alpha value is -1.47. The molecule has 2 N–H and O–H groups in total. The van der Waals surface area contributed by atoms with Crippen molar-refractivity contribution >= 4 is 49.3 Å². The Balaban J connectivity index is 2.30. The molecule has 0 saturated carbocycles. The quantitative estimate of drug-likeness (QED) is 0.850. The van der Waals surface area contributed by atoms with Gasteiger partial charge in [-0.3, -0.25) is 9.78 Å². The average Bonchev–Trinajstić information content (AvgIpc) is 2.41. The molecule has 2 aromatic rings. The monoisotopic (exact) mass is 384 g/mol. The van der Waals surface area contributed by atoms with Crippen LogP contribution in [0, 0.1) is 0 Å². The maximum atomic E-state index is 12.2. The van der Waals surface area contributed by atoms with Gasteiger partial charge >= 0.3 is 0 Å². The molecule has 0 fully saturated rings. The van der Waals surface area contributed by atoms with Gasteiger partial charge in [-0.05, 0) is 44.0 Å². The third kappa shape index (κ3) is 3.30. The Morgan fingerprint density at radius 1 is 1.32 bits per heavy atom. The maximum Gasteiger partial charge on any atom is 0.259 e. The lowest BCUT2D eigenvalue weighted by atomic mass is 10.2. The Morgan fingerprint density at radius 3 is 2.79 bits per heavy atom. The van der Waals surface area contributed by atoms with Gasteiger partial charge in [0.2, 0.25) is 0 Å². The zero-order valence-electron chi connectivity index (χ0n) is 9.95. The van der Waals surface area contributed by atoms with E-state index in [0.717, 1.165) is 8.95 Å². The minimum atomic E-state index is -0.245. The number of carbonyl (C=O) groups excluding carboxylic acids is 1. The summed E-state index contributed by atoms with van der Waals surface area (Å²) in [5, 5.41) is 5.69. The largest absolute Gasteiger partial charge is 0.372 e. The van der Waals surface area contributed by atoms with Crippen molar-refractivity contribution in [2.75, 3.05) is 17.7 Å². The van der Waals surface area contributed by atoms with E-state index in [-0.39, 0.29) is 5.91 Å². The molecule has 19 heavy (non-hydrogen) atoms. The molecule has 0 saturated heterocycles. The highest BCUT2D eigenvalue weighted by atomic mass is 79.9. The van der Waals surface area contributed by atoms with Crippen molar-refractivity contribution in [3.05, 3.63) is 45.2 Å². The van der Waals surface area contributed by atoms with Crippen LogP contribution in [0.4, 0.5) is 11.5 Å². The second kappa shape index (κ2) is 6.12. The number of nitrogens with one attached hydrogen (secondary N) is 2. The third-order valence-corrected chi connectivity index (χ3v) is 3.42. The van der Waals surface area contributed by atoms with E-state index < -0.39 is 0 Å². The summed E-state index contributed by atoms with van der Waals surface area (Å²) in [5.41, 5.74) is 1.11. The molecule has 0 radical (unpaired) electrons. The van der Waals surface area contributed by atoms with Crippen LogP contribution in [0.2, 0.25) is 0 Å². The number of nitrogens with zero attached hydrogens (tertiary/aromatic N) is 2. The van der Waals surface area contributed by atoms with Gasteiger partial charge in [-0.2, -0.15) is 0 Å². The van der Waals surface area contributed by atoms with Gasteiger partial charge in [0, 0.05) is 30.1 Å². The van der Waals surface area contributed by atoms with Crippen LogP contribution in [-0.2, 0) is 0 Å². The molecule has 0 atom stereocenters. The molecule has 2 rings (SSSR count). The van der Waals surface area contributed by atoms with Crippen molar-refractivity contribution in [2.24, 2.45) is 0 Å². The minimum absolute atomic E-state index is 0.245. The normalized spacial score (nSPS) is 10.1. The Bertz CT molecular complexity index is 618. The maximum absolute atomic E-state index is 12.2. The number of rotatable bonds is 3. The van der Waals surface area contributed by atoms with Gasteiger partial charge in [0.25, 0.3) is 5.91 Å². The molecule has 0 bridgehead atoms. The summed E-state index contributed by atoms with van der Waals surface area (Å²) in [7, 11) is 1.72. The average molecular weight is 386 g/mol. The predicted octanol–water partition coefficient (Wildman–Crippen LogP) is 3.30. The van der Waals surface area contributed by atoms with Crippen molar-refractivity contribution in [1.29, 1.82) is 0 Å². The lowest BCUT2D eigenvalue weighted by Gasteiger charge is -2.10. The van der Waals surface area contributed by atoms with Gasteiger partial charge in [-0.15, -0.1) is 0 Å². The Kier molecular flexibility index (Phi) is 4.49. The second-order valence-corrected chi connectivity index (χ2v) is 5.38. The van der Waals surface area contributed by atoms with E-state index in [1.54, 1.807) is 37.8 Å². The number of hydrogen-bond donors (Lipinski definition) is 2. The van der Waals surface area contributed by atoms with Crippen LogP contribution in [0.25, 0.3) is 0 Å². The molecule has 0 aromatic carbocycles. The fourth-order valence-electron chi connectivity index (χ4n) is 1.48. The number of carbonyl (C=O) groups is 1. The summed E-state index contributed by atoms with van der Waals surface area (Å²) in [6.07, 6.45) is 4.86. The first-order valence-electron chi connectivity index (χ1n) is 5.36. The summed E-state index contributed by atoms with van der Waals surface area (Å²) in [6, 6.07) is 3.43. The van der Waals surface area contributed by atoms with E-state index in [1.165, 1.54) is 0 Å². The first-order chi connectivity index (χ1) is 9.11. The van der Waals surface area contributed by atoms with Gasteiger partial charge in [-0.1, -0.05) is 0 Å². The lowest BCUT2D eigenvalue weighted by molar-refractivity contribution is 0.102. The smallest absolute Gasteiger partial charge is 0.259 e. The summed E-state index contributed by atoms with van der Waals surface area (Å²) in [6.45, 7) is 0. The lowest BCUT2D eigenvalue weighted by Crippen LogP contribution is -2.15. The van der Waals surface area contributed by atoms with Gasteiger partial charge < -0.3 is 10.6 Å². The highest BCUT2D eigenvalue weighted by Gasteiger charge is 2.14. The predicted molar refractivity (Wildman–Crippen MR) is 81.4 cm³/mol. The summed E-state index contributed by atoms with van der Waals surface area (Å²) in [4.78, 5) is 20.3. The first kappa shape index (κ1) is 14.0. The Labute approximate surface area is 127 Å². The standard InChI is InChI=1S/C12H10Br2N4O/c1-15-11-8(4-7(13)5-17-11)12(19)18-10-2-3-16-6-9(10)14/h2-6H,1H3,(H,15,17)(H,16,18,19). The van der Waals surface area contributed by atoms with Gasteiger partial charge in [0.15, 0.2) is 0 Å². The molecule has 98 valence electrons. The van der Waals surface area contributed by atoms with E-state index >= 15 is 0 Å². The van der Waals surface area contributed by atoms with Gasteiger partial charge in [-0.25, -0.2) is 4.98 Å². The number of pyridine rings is 2. The van der Waals surface area contributed by atoms with Crippen molar-refractivity contribution in [3.8, 4) is 0 Å². The topological polar surface area (TPSA) is 66.9 Å². The van der Waals surface area contributed by atoms with Crippen LogP contribution in [0.3, 0.4) is 0 Å². The molecule has 0 spiro atoms. The fraction of sp³-hybridized carbons (Fsp3) is 0.0833. The highest BCUT2D eigenvalue weighted by molar-refractivity contribution is 9.10. The summed E-state index contributed by atoms with van der Waals surface area (Å²) < 4.78 is 1.46. The van der Waals surface area contributed by atoms with E-state index in [4.69, 9.17) is 0 Å². The minimum Gasteiger partial charge on any atom is -0.372 e. The van der Waals surface area contributed by atoms with Crippen LogP contribution in [0.15, 0.2) is 39.7 Å². The zero-order chi connectivity index (χ0) is 13.8. The molecule has 1 amide bonds. The van der Waals surface area contributed by atoms with Crippen LogP contribution in [-0.4, -0.2) is 22.9 Å². The molecule has 0 unspecified atom stereocenters. The number of anilines is 2. The van der Waals surface area contributed by atoms with Crippen LogP contribution in [0.5, 0.6) is 0 Å². The van der Waals surface area contributed by atoms with Gasteiger partial charge in [0.1, 0.15) is 5.82 Å². The SMILES string of the molecule is CNc1ncc(Br)cc1C(=O)Nc1ccncc1Br. The van der Waals surface area contributed by atoms with Crippen LogP contribution < -0.4 is 10.6 Å². The molecular weight excluding hydrogens is 376 g/mol. The number of aromatic nitrogens is 2. The van der Waals surface area contributed by atoms with E-state index in [9.17, 15) is 4.79 Å². The molecule has 2 heterocycles. The zero-order valence-corrected chi connectivity index (χ0v) is 13.1. The van der Waals surface area contributed by atoms with E-state index in [1.807, 2.05) is 0 Å². The number of halogens is 2. The molecule has 2 aromatic heterocycles. The first-order valence-corrected chi connectivity index (χ1v) is 6.94. The fourth-order valence-corrected chi connectivity index (χ4v) is 2.16. The molecular formula is C12H10Br2N4O. The molecule has 5 nitrogen and oxygen atoms in total. The van der Waals surface area contributed by atoms with Crippen molar-refractivity contribution in [3.63, 3.8) is 0 Å². The van der Waals surface area contributed by atoms with Crippen molar-refractivity contribution in [1.82, 2.24) is 9.97 Å². The van der Waals surface area contributed by atoms with Crippen molar-refractivity contribution < 1.29 is 4.79 Å². The summed E-state index contributed by atoms with van der Waals surface area (Å²) >= 11 is 6.63. The molecule has 7 heteroatoms. The third-order valence-electron chi connectivity index (χ3n) is 2.36. The van der Waals surface area contributed by atoms with E-state index in [0.29, 0.717) is 17.1 Å². The second-order valence-electron chi connectivity index (χ2n) is 3.61. The molecule has 0 aliphatic carbocycles. The van der Waals surface area contributed by atoms with Crippen molar-refractivity contribution in [2.45, 2.75) is 0 Å². The van der Waals surface area contributed by atoms with Gasteiger partial charge in [0.05, 0.1) is 15.7 Å². The van der Waals surface area contributed by atoms with E-state index in [2.05, 4.69) is 52.5 Å². The highest BCUT2D eigenvalue weighted by Crippen LogP contribution is 2.23. The summed E-state index contributed by atoms with van der Waals surface area (Å²) in [5.74, 6) is 0.274. The van der Waals surface area contributed by atoms with Crippen LogP contribution in [0.1, 0.15) is 10.4 Å². The molecule has 0 aliphatic heterocycles. The number of hydrogen-bond acceptors (Lipinski definition) is 4. The number of amides is 1. The van der Waals surface area contributed by atoms with Crippen LogP contribution >= 0.6 is 31.9 Å².